The Balaban J connectivity index is 1.29. The van der Waals surface area contributed by atoms with Gasteiger partial charge in [0.05, 0.1) is 28.4 Å². The number of fused-ring (bicyclic) bond motifs is 1. The molecule has 0 aliphatic carbocycles. The molecule has 9 heteroatoms. The van der Waals surface area contributed by atoms with Gasteiger partial charge in [0.15, 0.2) is 5.01 Å². The summed E-state index contributed by atoms with van der Waals surface area (Å²) in [6.45, 7) is 1.52. The van der Waals surface area contributed by atoms with Gasteiger partial charge in [-0.3, -0.25) is 5.32 Å². The van der Waals surface area contributed by atoms with Crippen LogP contribution in [0.5, 0.6) is 0 Å². The van der Waals surface area contributed by atoms with Gasteiger partial charge >= 0.3 is 6.03 Å². The number of rotatable bonds is 4. The van der Waals surface area contributed by atoms with E-state index in [4.69, 9.17) is 6.42 Å². The van der Waals surface area contributed by atoms with Crippen molar-refractivity contribution in [1.29, 1.82) is 0 Å². The van der Waals surface area contributed by atoms with Crippen LogP contribution in [-0.4, -0.2) is 58.3 Å². The maximum atomic E-state index is 12.7. The molecule has 1 aliphatic rings. The molecule has 2 aromatic heterocycles. The Morgan fingerprint density at radius 1 is 1.21 bits per heavy atom. The summed E-state index contributed by atoms with van der Waals surface area (Å²) in [4.78, 5) is 25.1. The highest BCUT2D eigenvalue weighted by Gasteiger charge is 2.29. The molecule has 2 N–H and O–H groups in total. The lowest BCUT2D eigenvalue weighted by molar-refractivity contribution is 0.174. The van der Waals surface area contributed by atoms with Crippen molar-refractivity contribution in [2.24, 2.45) is 0 Å². The first-order chi connectivity index (χ1) is 16.2. The molecule has 0 saturated carbocycles. The van der Waals surface area contributed by atoms with Crippen molar-refractivity contribution in [2.45, 2.75) is 6.04 Å². The fourth-order valence-electron chi connectivity index (χ4n) is 4.07. The molecule has 1 unspecified atom stereocenters. The van der Waals surface area contributed by atoms with Crippen LogP contribution in [0.25, 0.3) is 21.3 Å². The zero-order chi connectivity index (χ0) is 22.8. The molecule has 1 atom stereocenters. The molecule has 33 heavy (non-hydrogen) atoms. The quantitative estimate of drug-likeness (QED) is 0.434. The smallest absolute Gasteiger partial charge is 0.323 e. The number of aromatic nitrogens is 2. The number of nitrogens with zero attached hydrogens (tertiary/aromatic N) is 4. The molecule has 2 aromatic carbocycles. The van der Waals surface area contributed by atoms with Crippen molar-refractivity contribution in [1.82, 2.24) is 14.9 Å². The first-order valence-electron chi connectivity index (χ1n) is 10.4. The van der Waals surface area contributed by atoms with E-state index in [1.807, 2.05) is 17.6 Å². The predicted molar refractivity (Wildman–Crippen MR) is 134 cm³/mol. The number of hydrogen-bond acceptors (Lipinski definition) is 7. The van der Waals surface area contributed by atoms with Gasteiger partial charge in [0, 0.05) is 36.3 Å². The van der Waals surface area contributed by atoms with Gasteiger partial charge < -0.3 is 14.9 Å². The zero-order valence-electron chi connectivity index (χ0n) is 17.6. The minimum absolute atomic E-state index is 0.0519. The van der Waals surface area contributed by atoms with Crippen LogP contribution >= 0.6 is 22.7 Å². The minimum atomic E-state index is -0.241. The number of anilines is 2. The largest absolute Gasteiger partial charge is 0.394 e. The molecule has 4 aromatic rings. The van der Waals surface area contributed by atoms with E-state index in [1.165, 1.54) is 16.0 Å². The number of hydrogen-bond donors (Lipinski definition) is 2. The lowest BCUT2D eigenvalue weighted by Crippen LogP contribution is -2.57. The molecule has 1 fully saturated rings. The van der Waals surface area contributed by atoms with E-state index in [9.17, 15) is 9.90 Å². The van der Waals surface area contributed by atoms with E-state index in [1.54, 1.807) is 21.6 Å². The van der Waals surface area contributed by atoms with Gasteiger partial charge in [-0.2, -0.15) is 0 Å². The summed E-state index contributed by atoms with van der Waals surface area (Å²) in [6.07, 6.45) is 5.34. The zero-order valence-corrected chi connectivity index (χ0v) is 19.3. The second-order valence-corrected chi connectivity index (χ2v) is 9.35. The number of carbonyl (C=O) groups excluding carboxylic acids is 1. The van der Waals surface area contributed by atoms with E-state index in [0.717, 1.165) is 22.3 Å². The van der Waals surface area contributed by atoms with Crippen molar-refractivity contribution in [3.05, 3.63) is 58.4 Å². The highest BCUT2D eigenvalue weighted by atomic mass is 32.1. The Morgan fingerprint density at radius 3 is 2.82 bits per heavy atom. The molecule has 5 rings (SSSR count). The number of benzene rings is 2. The Morgan fingerprint density at radius 2 is 2.06 bits per heavy atom. The summed E-state index contributed by atoms with van der Waals surface area (Å²) in [6, 6.07) is 14.1. The summed E-state index contributed by atoms with van der Waals surface area (Å²) < 4.78 is 1.17. The number of urea groups is 1. The van der Waals surface area contributed by atoms with E-state index in [-0.39, 0.29) is 18.7 Å². The Kier molecular flexibility index (Phi) is 5.96. The second-order valence-electron chi connectivity index (χ2n) is 7.64. The van der Waals surface area contributed by atoms with E-state index < -0.39 is 0 Å². The lowest BCUT2D eigenvalue weighted by Gasteiger charge is -2.42. The Bertz CT molecular complexity index is 1320. The normalized spacial score (nSPS) is 16.1. The second kappa shape index (κ2) is 9.19. The van der Waals surface area contributed by atoms with Crippen molar-refractivity contribution >= 4 is 50.4 Å². The maximum Gasteiger partial charge on any atom is 0.323 e. The number of terminal acetylenes is 1. The van der Waals surface area contributed by atoms with E-state index in [0.29, 0.717) is 30.5 Å². The van der Waals surface area contributed by atoms with E-state index >= 15 is 0 Å². The molecule has 0 bridgehead atoms. The van der Waals surface area contributed by atoms with Crippen LogP contribution < -0.4 is 10.2 Å². The molecule has 2 amide bonds. The SMILES string of the molecule is C#Cc1nc(NC(=O)N2CCN(c3ccc(-c4cccc5ncsc45)cc3)C(CO)C2)cs1. The minimum Gasteiger partial charge on any atom is -0.394 e. The van der Waals surface area contributed by atoms with Gasteiger partial charge in [0.25, 0.3) is 0 Å². The monoisotopic (exact) mass is 475 g/mol. The van der Waals surface area contributed by atoms with Crippen LogP contribution in [0.2, 0.25) is 0 Å². The summed E-state index contributed by atoms with van der Waals surface area (Å²) in [7, 11) is 0. The summed E-state index contributed by atoms with van der Waals surface area (Å²) in [5.41, 5.74) is 6.18. The number of piperazine rings is 1. The Labute approximate surface area is 199 Å². The molecular formula is C24H21N5O2S2. The molecule has 0 radical (unpaired) electrons. The number of aliphatic hydroxyl groups is 1. The summed E-state index contributed by atoms with van der Waals surface area (Å²) >= 11 is 2.95. The van der Waals surface area contributed by atoms with Gasteiger partial charge in [-0.05, 0) is 29.7 Å². The fourth-order valence-corrected chi connectivity index (χ4v) is 5.45. The van der Waals surface area contributed by atoms with E-state index in [2.05, 4.69) is 56.4 Å². The highest BCUT2D eigenvalue weighted by molar-refractivity contribution is 7.17. The average Bonchev–Trinajstić information content (AvgIpc) is 3.53. The predicted octanol–water partition coefficient (Wildman–Crippen LogP) is 4.12. The van der Waals surface area contributed by atoms with Gasteiger partial charge in [0.2, 0.25) is 0 Å². The molecule has 3 heterocycles. The third kappa shape index (κ3) is 4.28. The molecular weight excluding hydrogens is 454 g/mol. The van der Waals surface area contributed by atoms with Crippen molar-refractivity contribution in [3.63, 3.8) is 0 Å². The third-order valence-corrected chi connectivity index (χ3v) is 7.36. The van der Waals surface area contributed by atoms with Gasteiger partial charge in [0.1, 0.15) is 5.82 Å². The highest BCUT2D eigenvalue weighted by Crippen LogP contribution is 2.32. The summed E-state index contributed by atoms with van der Waals surface area (Å²) in [5.74, 6) is 2.91. The molecule has 1 aliphatic heterocycles. The van der Waals surface area contributed by atoms with Crippen molar-refractivity contribution in [3.8, 4) is 23.5 Å². The number of nitrogens with one attached hydrogen (secondary N) is 1. The standard InChI is InChI=1S/C24H21N5O2S2/c1-2-22-26-21(14-32-22)27-24(31)28-10-11-29(18(12-28)13-30)17-8-6-16(7-9-17)19-4-3-5-20-23(19)33-15-25-20/h1,3-9,14-15,18,30H,10-13H2,(H,27,31). The number of thiazole rings is 2. The van der Waals surface area contributed by atoms with Gasteiger partial charge in [-0.25, -0.2) is 14.8 Å². The topological polar surface area (TPSA) is 81.6 Å². The number of aliphatic hydroxyl groups excluding tert-OH is 1. The fraction of sp³-hybridized carbons (Fsp3) is 0.208. The van der Waals surface area contributed by atoms with Crippen LogP contribution in [0, 0.1) is 12.3 Å². The Hall–Kier alpha value is -3.45. The van der Waals surface area contributed by atoms with Crippen LogP contribution in [0.3, 0.4) is 0 Å². The van der Waals surface area contributed by atoms with Crippen molar-refractivity contribution in [2.75, 3.05) is 36.5 Å². The third-order valence-electron chi connectivity index (χ3n) is 5.71. The first kappa shape index (κ1) is 21.4. The first-order valence-corrected chi connectivity index (χ1v) is 12.2. The number of amides is 2. The molecule has 166 valence electrons. The van der Waals surface area contributed by atoms with Gasteiger partial charge in [-0.15, -0.1) is 29.1 Å². The van der Waals surface area contributed by atoms with Crippen LogP contribution in [0.15, 0.2) is 53.4 Å². The molecule has 1 saturated heterocycles. The molecule has 0 spiro atoms. The lowest BCUT2D eigenvalue weighted by atomic mass is 10.0. The van der Waals surface area contributed by atoms with Crippen LogP contribution in [0.1, 0.15) is 5.01 Å². The average molecular weight is 476 g/mol. The van der Waals surface area contributed by atoms with Crippen molar-refractivity contribution < 1.29 is 9.90 Å². The maximum absolute atomic E-state index is 12.7. The van der Waals surface area contributed by atoms with Crippen LogP contribution in [0.4, 0.5) is 16.3 Å². The molecule has 7 nitrogen and oxygen atoms in total. The van der Waals surface area contributed by atoms with Gasteiger partial charge in [-0.1, -0.05) is 24.3 Å². The number of carbonyl (C=O) groups is 1. The summed E-state index contributed by atoms with van der Waals surface area (Å²) in [5, 5.41) is 15.1. The van der Waals surface area contributed by atoms with Crippen LogP contribution in [-0.2, 0) is 0 Å².